The second-order valence-corrected chi connectivity index (χ2v) is 4.59. The lowest BCUT2D eigenvalue weighted by Gasteiger charge is -2.16. The summed E-state index contributed by atoms with van der Waals surface area (Å²) < 4.78 is 0. The fraction of sp³-hybridized carbons (Fsp3) is 0.615. The zero-order chi connectivity index (χ0) is 10.7. The third-order valence-corrected chi connectivity index (χ3v) is 3.25. The molecule has 0 radical (unpaired) electrons. The van der Waals surface area contributed by atoms with Crippen molar-refractivity contribution in [2.75, 3.05) is 7.05 Å². The summed E-state index contributed by atoms with van der Waals surface area (Å²) in [6, 6.07) is 4.77. The molecule has 1 saturated carbocycles. The van der Waals surface area contributed by atoms with Gasteiger partial charge in [-0.2, -0.15) is 0 Å². The topological polar surface area (TPSA) is 24.9 Å². The van der Waals surface area contributed by atoms with E-state index in [4.69, 9.17) is 0 Å². The van der Waals surface area contributed by atoms with Crippen LogP contribution in [0.2, 0.25) is 0 Å². The highest BCUT2D eigenvalue weighted by molar-refractivity contribution is 5.17. The Kier molecular flexibility index (Phi) is 3.37. The molecule has 1 aromatic rings. The average molecular weight is 204 g/mol. The Morgan fingerprint density at radius 1 is 1.47 bits per heavy atom. The van der Waals surface area contributed by atoms with E-state index in [1.165, 1.54) is 31.2 Å². The summed E-state index contributed by atoms with van der Waals surface area (Å²) in [6.07, 6.45) is 7.50. The van der Waals surface area contributed by atoms with Gasteiger partial charge in [0.05, 0.1) is 0 Å². The van der Waals surface area contributed by atoms with Gasteiger partial charge in [-0.25, -0.2) is 0 Å². The lowest BCUT2D eigenvalue weighted by Crippen LogP contribution is -2.16. The molecule has 1 aliphatic rings. The summed E-state index contributed by atoms with van der Waals surface area (Å²) in [5, 5.41) is 3.38. The fourth-order valence-electron chi connectivity index (χ4n) is 1.97. The number of hydrogen-bond acceptors (Lipinski definition) is 2. The molecule has 0 spiro atoms. The Balaban J connectivity index is 1.94. The Hall–Kier alpha value is -0.890. The van der Waals surface area contributed by atoms with Crippen molar-refractivity contribution in [3.8, 4) is 0 Å². The predicted molar refractivity (Wildman–Crippen MR) is 62.7 cm³/mol. The number of nitrogens with zero attached hydrogens (tertiary/aromatic N) is 1. The number of aryl methyl sites for hydroxylation is 1. The van der Waals surface area contributed by atoms with Gasteiger partial charge in [-0.1, -0.05) is 18.9 Å². The quantitative estimate of drug-likeness (QED) is 0.797. The van der Waals surface area contributed by atoms with Crippen molar-refractivity contribution in [3.05, 3.63) is 29.6 Å². The van der Waals surface area contributed by atoms with Gasteiger partial charge in [-0.3, -0.25) is 4.98 Å². The maximum absolute atomic E-state index is 4.35. The Labute approximate surface area is 92.1 Å². The van der Waals surface area contributed by atoms with Crippen LogP contribution in [0.1, 0.15) is 43.0 Å². The standard InChI is InChI=1S/C13H20N2/c1-10-3-7-12(9-15-10)13(14-2)8-6-11-4-5-11/h3,7,9,11,13-14H,4-6,8H2,1-2H3. The van der Waals surface area contributed by atoms with Gasteiger partial charge in [0.1, 0.15) is 0 Å². The first-order valence-corrected chi connectivity index (χ1v) is 5.89. The first-order valence-electron chi connectivity index (χ1n) is 5.89. The summed E-state index contributed by atoms with van der Waals surface area (Å²) in [4.78, 5) is 4.35. The van der Waals surface area contributed by atoms with Crippen LogP contribution in [0.4, 0.5) is 0 Å². The van der Waals surface area contributed by atoms with E-state index >= 15 is 0 Å². The number of hydrogen-bond donors (Lipinski definition) is 1. The van der Waals surface area contributed by atoms with Gasteiger partial charge in [-0.05, 0) is 44.4 Å². The molecule has 1 atom stereocenters. The largest absolute Gasteiger partial charge is 0.313 e. The number of rotatable bonds is 5. The molecule has 0 saturated heterocycles. The zero-order valence-corrected chi connectivity index (χ0v) is 9.66. The minimum absolute atomic E-state index is 0.485. The molecule has 1 heterocycles. The van der Waals surface area contributed by atoms with Gasteiger partial charge in [-0.15, -0.1) is 0 Å². The van der Waals surface area contributed by atoms with Crippen LogP contribution in [-0.2, 0) is 0 Å². The lowest BCUT2D eigenvalue weighted by molar-refractivity contribution is 0.505. The number of nitrogens with one attached hydrogen (secondary N) is 1. The molecule has 0 aliphatic heterocycles. The smallest absolute Gasteiger partial charge is 0.0372 e. The third kappa shape index (κ3) is 3.03. The van der Waals surface area contributed by atoms with Crippen molar-refractivity contribution in [1.29, 1.82) is 0 Å². The summed E-state index contributed by atoms with van der Waals surface area (Å²) in [7, 11) is 2.04. The van der Waals surface area contributed by atoms with E-state index in [2.05, 4.69) is 22.4 Å². The minimum Gasteiger partial charge on any atom is -0.313 e. The molecule has 0 bridgehead atoms. The highest BCUT2D eigenvalue weighted by Gasteiger charge is 2.22. The van der Waals surface area contributed by atoms with Crippen LogP contribution in [0.5, 0.6) is 0 Å². The van der Waals surface area contributed by atoms with Gasteiger partial charge in [0.2, 0.25) is 0 Å². The molecular weight excluding hydrogens is 184 g/mol. The van der Waals surface area contributed by atoms with Crippen LogP contribution in [0.3, 0.4) is 0 Å². The summed E-state index contributed by atoms with van der Waals surface area (Å²) in [6.45, 7) is 2.03. The predicted octanol–water partition coefficient (Wildman–Crippen LogP) is 2.84. The Morgan fingerprint density at radius 2 is 2.27 bits per heavy atom. The molecular formula is C13H20N2. The lowest BCUT2D eigenvalue weighted by atomic mass is 10.0. The van der Waals surface area contributed by atoms with Crippen molar-refractivity contribution in [2.45, 2.75) is 38.6 Å². The molecule has 0 amide bonds. The summed E-state index contributed by atoms with van der Waals surface area (Å²) in [5.74, 6) is 1.01. The maximum Gasteiger partial charge on any atom is 0.0372 e. The van der Waals surface area contributed by atoms with Crippen LogP contribution < -0.4 is 5.32 Å². The van der Waals surface area contributed by atoms with E-state index in [0.717, 1.165) is 11.6 Å². The normalized spacial score (nSPS) is 17.7. The molecule has 1 aromatic heterocycles. The molecule has 2 rings (SSSR count). The molecule has 2 nitrogen and oxygen atoms in total. The van der Waals surface area contributed by atoms with Crippen LogP contribution in [0.15, 0.2) is 18.3 Å². The van der Waals surface area contributed by atoms with Gasteiger partial charge in [0.25, 0.3) is 0 Å². The molecule has 1 fully saturated rings. The monoisotopic (exact) mass is 204 g/mol. The van der Waals surface area contributed by atoms with Crippen molar-refractivity contribution < 1.29 is 0 Å². The second-order valence-electron chi connectivity index (χ2n) is 4.59. The van der Waals surface area contributed by atoms with Crippen LogP contribution in [0, 0.1) is 12.8 Å². The van der Waals surface area contributed by atoms with Crippen molar-refractivity contribution in [3.63, 3.8) is 0 Å². The van der Waals surface area contributed by atoms with Gasteiger partial charge in [0, 0.05) is 17.9 Å². The van der Waals surface area contributed by atoms with E-state index in [0.29, 0.717) is 6.04 Å². The molecule has 1 aliphatic carbocycles. The van der Waals surface area contributed by atoms with E-state index < -0.39 is 0 Å². The SMILES string of the molecule is CNC(CCC1CC1)c1ccc(C)nc1. The number of aromatic nitrogens is 1. The third-order valence-electron chi connectivity index (χ3n) is 3.25. The first-order chi connectivity index (χ1) is 7.29. The van der Waals surface area contributed by atoms with Crippen molar-refractivity contribution >= 4 is 0 Å². The average Bonchev–Trinajstić information content (AvgIpc) is 3.05. The van der Waals surface area contributed by atoms with E-state index in [1.807, 2.05) is 20.2 Å². The highest BCUT2D eigenvalue weighted by Crippen LogP contribution is 2.35. The second kappa shape index (κ2) is 4.75. The Bertz CT molecular complexity index is 301. The van der Waals surface area contributed by atoms with Crippen LogP contribution >= 0.6 is 0 Å². The maximum atomic E-state index is 4.35. The van der Waals surface area contributed by atoms with Crippen molar-refractivity contribution in [1.82, 2.24) is 10.3 Å². The fourth-order valence-corrected chi connectivity index (χ4v) is 1.97. The Morgan fingerprint density at radius 3 is 2.80 bits per heavy atom. The first kappa shape index (κ1) is 10.6. The minimum atomic E-state index is 0.485. The van der Waals surface area contributed by atoms with Crippen molar-refractivity contribution in [2.24, 2.45) is 5.92 Å². The van der Waals surface area contributed by atoms with Gasteiger partial charge in [0.15, 0.2) is 0 Å². The molecule has 15 heavy (non-hydrogen) atoms. The molecule has 2 heteroatoms. The van der Waals surface area contributed by atoms with Crippen LogP contribution in [0.25, 0.3) is 0 Å². The summed E-state index contributed by atoms with van der Waals surface area (Å²) in [5.41, 5.74) is 2.42. The molecule has 82 valence electrons. The van der Waals surface area contributed by atoms with Gasteiger partial charge >= 0.3 is 0 Å². The molecule has 1 unspecified atom stereocenters. The highest BCUT2D eigenvalue weighted by atomic mass is 14.9. The van der Waals surface area contributed by atoms with Crippen LogP contribution in [-0.4, -0.2) is 12.0 Å². The van der Waals surface area contributed by atoms with E-state index in [9.17, 15) is 0 Å². The van der Waals surface area contributed by atoms with E-state index in [1.54, 1.807) is 0 Å². The molecule has 0 aromatic carbocycles. The van der Waals surface area contributed by atoms with Gasteiger partial charge < -0.3 is 5.32 Å². The molecule has 1 N–H and O–H groups in total. The number of pyridine rings is 1. The summed E-state index contributed by atoms with van der Waals surface area (Å²) >= 11 is 0. The zero-order valence-electron chi connectivity index (χ0n) is 9.66. The van der Waals surface area contributed by atoms with E-state index in [-0.39, 0.29) is 0 Å².